The summed E-state index contributed by atoms with van der Waals surface area (Å²) < 4.78 is 41.9. The number of amides is 1. The molecule has 2 aromatic rings. The summed E-state index contributed by atoms with van der Waals surface area (Å²) in [6.45, 7) is 4.15. The van der Waals surface area contributed by atoms with Crippen LogP contribution in [0.1, 0.15) is 61.4 Å². The maximum atomic E-state index is 14.2. The quantitative estimate of drug-likeness (QED) is 0.748. The van der Waals surface area contributed by atoms with E-state index in [1.165, 1.54) is 6.07 Å². The molecule has 0 unspecified atom stereocenters. The van der Waals surface area contributed by atoms with Gasteiger partial charge in [-0.3, -0.25) is 4.79 Å². The van der Waals surface area contributed by atoms with Crippen molar-refractivity contribution in [3.05, 3.63) is 59.4 Å². The number of rotatable bonds is 6. The molecule has 1 aliphatic rings. The zero-order valence-corrected chi connectivity index (χ0v) is 16.9. The summed E-state index contributed by atoms with van der Waals surface area (Å²) in [6, 6.07) is 10.6. The normalized spacial score (nSPS) is 15.1. The molecule has 0 radical (unpaired) electrons. The molecule has 1 amide bonds. The Morgan fingerprint density at radius 1 is 1.07 bits per heavy atom. The van der Waals surface area contributed by atoms with Crippen molar-refractivity contribution in [3.63, 3.8) is 0 Å². The molecule has 150 valence electrons. The molecule has 0 heterocycles. The molecule has 2 aromatic carbocycles. The molecule has 3 rings (SSSR count). The first-order valence-corrected chi connectivity index (χ1v) is 11.0. The molecule has 7 heteroatoms. The highest BCUT2D eigenvalue weighted by molar-refractivity contribution is 7.89. The number of carbonyl (C=O) groups is 1. The molecule has 0 atom stereocenters. The van der Waals surface area contributed by atoms with Gasteiger partial charge in [-0.15, -0.1) is 0 Å². The van der Waals surface area contributed by atoms with E-state index in [1.54, 1.807) is 12.1 Å². The van der Waals surface area contributed by atoms with E-state index in [9.17, 15) is 17.6 Å². The predicted molar refractivity (Wildman–Crippen MR) is 107 cm³/mol. The summed E-state index contributed by atoms with van der Waals surface area (Å²) >= 11 is 0. The van der Waals surface area contributed by atoms with Crippen LogP contribution in [0.2, 0.25) is 0 Å². The van der Waals surface area contributed by atoms with E-state index in [1.807, 2.05) is 12.1 Å². The smallest absolute Gasteiger partial charge is 0.255 e. The van der Waals surface area contributed by atoms with Crippen molar-refractivity contribution in [2.24, 2.45) is 0 Å². The molecular formula is C21H25FN2O3S. The van der Waals surface area contributed by atoms with E-state index in [0.717, 1.165) is 43.4 Å². The third-order valence-electron chi connectivity index (χ3n) is 5.00. The lowest BCUT2D eigenvalue weighted by Crippen LogP contribution is -2.33. The van der Waals surface area contributed by atoms with Crippen LogP contribution in [-0.4, -0.2) is 20.4 Å². The summed E-state index contributed by atoms with van der Waals surface area (Å²) in [4.78, 5) is 12.0. The molecular weight excluding hydrogens is 379 g/mol. The molecule has 1 fully saturated rings. The SMILES string of the molecule is CC(C)c1ccc(NC(=O)c2ccc(F)c(S(=O)(=O)NC3CCCC3)c2)cc1. The highest BCUT2D eigenvalue weighted by Gasteiger charge is 2.26. The summed E-state index contributed by atoms with van der Waals surface area (Å²) in [5.41, 5.74) is 1.82. The van der Waals surface area contributed by atoms with E-state index in [4.69, 9.17) is 0 Å². The van der Waals surface area contributed by atoms with Gasteiger partial charge in [-0.2, -0.15) is 0 Å². The maximum absolute atomic E-state index is 14.2. The van der Waals surface area contributed by atoms with Gasteiger partial charge in [0.15, 0.2) is 0 Å². The minimum atomic E-state index is -4.02. The van der Waals surface area contributed by atoms with Gasteiger partial charge < -0.3 is 5.32 Å². The van der Waals surface area contributed by atoms with Crippen LogP contribution in [0.25, 0.3) is 0 Å². The topological polar surface area (TPSA) is 75.3 Å². The fourth-order valence-corrected chi connectivity index (χ4v) is 4.74. The van der Waals surface area contributed by atoms with Crippen LogP contribution < -0.4 is 10.0 Å². The number of nitrogens with one attached hydrogen (secondary N) is 2. The lowest BCUT2D eigenvalue weighted by molar-refractivity contribution is 0.102. The standard InChI is InChI=1S/C21H25FN2O3S/c1-14(2)15-7-10-17(11-8-15)23-21(25)16-9-12-19(22)20(13-16)28(26,27)24-18-5-3-4-6-18/h7-14,18,24H,3-6H2,1-2H3,(H,23,25). The first kappa shape index (κ1) is 20.5. The number of hydrogen-bond donors (Lipinski definition) is 2. The van der Waals surface area contributed by atoms with Crippen molar-refractivity contribution in [2.45, 2.75) is 56.4 Å². The third kappa shape index (κ3) is 4.77. The van der Waals surface area contributed by atoms with Crippen LogP contribution >= 0.6 is 0 Å². The highest BCUT2D eigenvalue weighted by atomic mass is 32.2. The summed E-state index contributed by atoms with van der Waals surface area (Å²) in [7, 11) is -4.02. The highest BCUT2D eigenvalue weighted by Crippen LogP contribution is 2.23. The van der Waals surface area contributed by atoms with Gasteiger partial charge in [0.2, 0.25) is 10.0 Å². The zero-order chi connectivity index (χ0) is 20.3. The Morgan fingerprint density at radius 3 is 2.32 bits per heavy atom. The Bertz CT molecular complexity index is 950. The van der Waals surface area contributed by atoms with E-state index in [0.29, 0.717) is 11.6 Å². The molecule has 0 saturated heterocycles. The number of benzene rings is 2. The van der Waals surface area contributed by atoms with Crippen LogP contribution in [0, 0.1) is 5.82 Å². The average molecular weight is 405 g/mol. The number of hydrogen-bond acceptors (Lipinski definition) is 3. The van der Waals surface area contributed by atoms with E-state index < -0.39 is 26.6 Å². The first-order chi connectivity index (χ1) is 13.3. The van der Waals surface area contributed by atoms with Crippen molar-refractivity contribution in [2.75, 3.05) is 5.32 Å². The van der Waals surface area contributed by atoms with Gasteiger partial charge in [0.25, 0.3) is 5.91 Å². The van der Waals surface area contributed by atoms with Gasteiger partial charge in [0, 0.05) is 17.3 Å². The van der Waals surface area contributed by atoms with Crippen LogP contribution in [0.3, 0.4) is 0 Å². The van der Waals surface area contributed by atoms with Crippen molar-refractivity contribution >= 4 is 21.6 Å². The predicted octanol–water partition coefficient (Wildman–Crippen LogP) is 4.42. The van der Waals surface area contributed by atoms with Crippen LogP contribution in [0.5, 0.6) is 0 Å². The van der Waals surface area contributed by atoms with Gasteiger partial charge in [-0.1, -0.05) is 38.8 Å². The lowest BCUT2D eigenvalue weighted by atomic mass is 10.0. The number of anilines is 1. The molecule has 5 nitrogen and oxygen atoms in total. The molecule has 1 aliphatic carbocycles. The van der Waals surface area contributed by atoms with Crippen molar-refractivity contribution in [3.8, 4) is 0 Å². The fraction of sp³-hybridized carbons (Fsp3) is 0.381. The van der Waals surface area contributed by atoms with Gasteiger partial charge in [-0.05, 0) is 54.7 Å². The van der Waals surface area contributed by atoms with Crippen LogP contribution in [0.4, 0.5) is 10.1 Å². The van der Waals surface area contributed by atoms with Gasteiger partial charge >= 0.3 is 0 Å². The number of carbonyl (C=O) groups excluding carboxylic acids is 1. The fourth-order valence-electron chi connectivity index (χ4n) is 3.33. The Balaban J connectivity index is 1.78. The number of halogens is 1. The van der Waals surface area contributed by atoms with Crippen LogP contribution in [0.15, 0.2) is 47.4 Å². The van der Waals surface area contributed by atoms with E-state index in [-0.39, 0.29) is 11.6 Å². The Kier molecular flexibility index (Phi) is 6.15. The molecule has 2 N–H and O–H groups in total. The Morgan fingerprint density at radius 2 is 1.71 bits per heavy atom. The maximum Gasteiger partial charge on any atom is 0.255 e. The van der Waals surface area contributed by atoms with Crippen molar-refractivity contribution in [1.82, 2.24) is 4.72 Å². The largest absolute Gasteiger partial charge is 0.322 e. The molecule has 0 spiro atoms. The lowest BCUT2D eigenvalue weighted by Gasteiger charge is -2.14. The molecule has 0 aromatic heterocycles. The van der Waals surface area contributed by atoms with E-state index in [2.05, 4.69) is 23.9 Å². The molecule has 0 aliphatic heterocycles. The van der Waals surface area contributed by atoms with E-state index >= 15 is 0 Å². The summed E-state index contributed by atoms with van der Waals surface area (Å²) in [5, 5.41) is 2.72. The van der Waals surface area contributed by atoms with Crippen LogP contribution in [-0.2, 0) is 10.0 Å². The summed E-state index contributed by atoms with van der Waals surface area (Å²) in [5.74, 6) is -0.986. The zero-order valence-electron chi connectivity index (χ0n) is 16.0. The molecule has 0 bridgehead atoms. The number of sulfonamides is 1. The van der Waals surface area contributed by atoms with Gasteiger partial charge in [0.1, 0.15) is 10.7 Å². The average Bonchev–Trinajstić information content (AvgIpc) is 3.14. The third-order valence-corrected chi connectivity index (χ3v) is 6.53. The van der Waals surface area contributed by atoms with Gasteiger partial charge in [0.05, 0.1) is 0 Å². The molecule has 28 heavy (non-hydrogen) atoms. The Labute approximate surface area is 165 Å². The second-order valence-electron chi connectivity index (χ2n) is 7.48. The minimum Gasteiger partial charge on any atom is -0.322 e. The molecule has 1 saturated carbocycles. The second kappa shape index (κ2) is 8.41. The van der Waals surface area contributed by atoms with Crippen molar-refractivity contribution < 1.29 is 17.6 Å². The van der Waals surface area contributed by atoms with Gasteiger partial charge in [-0.25, -0.2) is 17.5 Å². The summed E-state index contributed by atoms with van der Waals surface area (Å²) in [6.07, 6.45) is 3.39. The monoisotopic (exact) mass is 404 g/mol. The minimum absolute atomic E-state index is 0.0844. The first-order valence-electron chi connectivity index (χ1n) is 9.49. The Hall–Kier alpha value is -2.25. The van der Waals surface area contributed by atoms with Crippen molar-refractivity contribution in [1.29, 1.82) is 0 Å². The second-order valence-corrected chi connectivity index (χ2v) is 9.16.